The van der Waals surface area contributed by atoms with Gasteiger partial charge in [0.2, 0.25) is 5.82 Å². The van der Waals surface area contributed by atoms with Crippen molar-refractivity contribution >= 4 is 28.2 Å². The Kier molecular flexibility index (Phi) is 9.17. The van der Waals surface area contributed by atoms with Crippen LogP contribution in [0.25, 0.3) is 5.65 Å². The summed E-state index contributed by atoms with van der Waals surface area (Å²) in [4.78, 5) is 19.8. The van der Waals surface area contributed by atoms with Crippen molar-refractivity contribution in [2.24, 2.45) is 0 Å². The summed E-state index contributed by atoms with van der Waals surface area (Å²) in [5, 5.41) is 17.3. The molecule has 0 bridgehead atoms. The summed E-state index contributed by atoms with van der Waals surface area (Å²) in [7, 11) is -3.55. The first kappa shape index (κ1) is 32.8. The molecule has 14 heteroatoms. The van der Waals surface area contributed by atoms with Gasteiger partial charge in [-0.1, -0.05) is 18.2 Å². The third-order valence-corrected chi connectivity index (χ3v) is 11.1. The molecule has 2 aliphatic heterocycles. The molecule has 47 heavy (non-hydrogen) atoms. The lowest BCUT2D eigenvalue weighted by molar-refractivity contribution is -0.143. The van der Waals surface area contributed by atoms with Gasteiger partial charge in [-0.05, 0) is 80.0 Å². The van der Waals surface area contributed by atoms with E-state index < -0.39 is 34.9 Å². The van der Waals surface area contributed by atoms with Gasteiger partial charge in [0.1, 0.15) is 11.0 Å². The molecule has 1 fully saturated rings. The quantitative estimate of drug-likeness (QED) is 0.200. The van der Waals surface area contributed by atoms with Gasteiger partial charge in [0.25, 0.3) is 6.43 Å². The van der Waals surface area contributed by atoms with Gasteiger partial charge in [-0.2, -0.15) is 9.57 Å². The molecule has 3 aromatic heterocycles. The second-order valence-electron chi connectivity index (χ2n) is 12.0. The number of pyridine rings is 2. The molecule has 0 aliphatic carbocycles. The number of piperidine rings is 1. The number of ether oxygens (including phenoxy) is 1. The second-order valence-corrected chi connectivity index (χ2v) is 14.0. The molecule has 2 aliphatic rings. The molecule has 248 valence electrons. The molecular formula is C33H37F2N7O4S. The molecule has 1 aromatic carbocycles. The first-order chi connectivity index (χ1) is 22.5. The summed E-state index contributed by atoms with van der Waals surface area (Å²) in [5.41, 5.74) is 4.37. The van der Waals surface area contributed by atoms with E-state index in [1.165, 1.54) is 22.9 Å². The van der Waals surface area contributed by atoms with E-state index in [4.69, 9.17) is 4.74 Å². The van der Waals surface area contributed by atoms with Crippen molar-refractivity contribution in [2.45, 2.75) is 76.3 Å². The molecule has 11 nitrogen and oxygen atoms in total. The normalized spacial score (nSPS) is 19.0. The Hall–Kier alpha value is -4.16. The van der Waals surface area contributed by atoms with E-state index >= 15 is 0 Å². The Labute approximate surface area is 273 Å². The number of benzene rings is 1. The highest BCUT2D eigenvalue weighted by molar-refractivity contribution is 8.22. The number of fused-ring (bicyclic) bond motifs is 4. The number of carbonyl (C=O) groups is 1. The van der Waals surface area contributed by atoms with Gasteiger partial charge in [0.05, 0.1) is 18.6 Å². The highest BCUT2D eigenvalue weighted by atomic mass is 32.3. The van der Waals surface area contributed by atoms with Crippen LogP contribution >= 0.6 is 10.8 Å². The smallest absolute Gasteiger partial charge is 0.306 e. The van der Waals surface area contributed by atoms with Gasteiger partial charge in [-0.15, -0.1) is 21.0 Å². The topological polar surface area (TPSA) is 140 Å². The molecule has 0 saturated carbocycles. The zero-order valence-corrected chi connectivity index (χ0v) is 27.3. The van der Waals surface area contributed by atoms with Crippen LogP contribution < -0.4 is 4.90 Å². The monoisotopic (exact) mass is 665 g/mol. The summed E-state index contributed by atoms with van der Waals surface area (Å²) >= 11 is 0. The summed E-state index contributed by atoms with van der Waals surface area (Å²) in [6.45, 7) is 6.96. The van der Waals surface area contributed by atoms with Crippen LogP contribution in [-0.2, 0) is 16.1 Å². The number of halogens is 2. The van der Waals surface area contributed by atoms with E-state index in [0.29, 0.717) is 17.9 Å². The van der Waals surface area contributed by atoms with Crippen LogP contribution in [0.15, 0.2) is 47.6 Å². The molecule has 5 heterocycles. The van der Waals surface area contributed by atoms with Crippen molar-refractivity contribution in [2.75, 3.05) is 24.6 Å². The van der Waals surface area contributed by atoms with E-state index in [1.807, 2.05) is 25.1 Å². The maximum atomic E-state index is 13.6. The van der Waals surface area contributed by atoms with Crippen molar-refractivity contribution in [3.8, 4) is 6.07 Å². The summed E-state index contributed by atoms with van der Waals surface area (Å²) < 4.78 is 59.1. The lowest BCUT2D eigenvalue weighted by atomic mass is 9.85. The van der Waals surface area contributed by atoms with Crippen molar-refractivity contribution in [3.63, 3.8) is 0 Å². The van der Waals surface area contributed by atoms with Crippen molar-refractivity contribution in [1.82, 2.24) is 23.9 Å². The van der Waals surface area contributed by atoms with Crippen LogP contribution in [0.2, 0.25) is 0 Å². The Morgan fingerprint density at radius 3 is 2.74 bits per heavy atom. The fraction of sp³-hybridized carbons (Fsp3) is 0.424. The summed E-state index contributed by atoms with van der Waals surface area (Å²) in [6, 6.07) is 11.1. The maximum Gasteiger partial charge on any atom is 0.306 e. The average molecular weight is 666 g/mol. The summed E-state index contributed by atoms with van der Waals surface area (Å²) in [6.07, 6.45) is 3.00. The number of aromatic nitrogens is 4. The van der Waals surface area contributed by atoms with Gasteiger partial charge < -0.3 is 9.64 Å². The van der Waals surface area contributed by atoms with Gasteiger partial charge in [0.15, 0.2) is 11.5 Å². The fourth-order valence-electron chi connectivity index (χ4n) is 6.72. The third kappa shape index (κ3) is 6.16. The molecule has 4 aromatic rings. The molecule has 2 N–H and O–H groups in total. The minimum Gasteiger partial charge on any atom is -0.466 e. The first-order valence-electron chi connectivity index (χ1n) is 15.6. The molecule has 6 rings (SSSR count). The molecular weight excluding hydrogens is 628 g/mol. The second kappa shape index (κ2) is 13.2. The zero-order valence-electron chi connectivity index (χ0n) is 26.4. The van der Waals surface area contributed by atoms with Crippen molar-refractivity contribution in [1.29, 1.82) is 5.26 Å². The van der Waals surface area contributed by atoms with Crippen LogP contribution in [-0.4, -0.2) is 64.7 Å². The Bertz CT molecular complexity index is 1860. The Morgan fingerprint density at radius 2 is 2.00 bits per heavy atom. The SMILES string of the molecule is CCOC(=O)CC(c1ccc(C)c(CN2CC3CCCCN3c3ncc(C#N)cc3S2(O)O)c1)c1ccn2c(C(F)F)nnc2c1C. The Balaban J connectivity index is 1.41. The lowest BCUT2D eigenvalue weighted by Gasteiger charge is -2.42. The number of esters is 1. The van der Waals surface area contributed by atoms with E-state index in [-0.39, 0.29) is 41.7 Å². The van der Waals surface area contributed by atoms with E-state index in [0.717, 1.165) is 48.1 Å². The number of nitriles is 1. The largest absolute Gasteiger partial charge is 0.466 e. The maximum absolute atomic E-state index is 13.6. The molecule has 0 amide bonds. The van der Waals surface area contributed by atoms with Gasteiger partial charge in [-0.25, -0.2) is 13.8 Å². The number of hydrogen-bond acceptors (Lipinski definition) is 10. The van der Waals surface area contributed by atoms with Gasteiger partial charge in [-0.3, -0.25) is 18.3 Å². The van der Waals surface area contributed by atoms with Crippen molar-refractivity contribution < 1.29 is 27.4 Å². The standard InChI is InChI=1S/C33H37F2N7O4S/c1-4-46-29(43)15-27(26-10-12-42-31(21(26)3)38-39-33(42)30(34)35)23-9-8-20(2)24(14-23)18-40-19-25-7-5-6-11-41(25)32-28(47(40,44)45)13-22(16-36)17-37-32/h8-10,12-14,17,25,27,30,44-45H,4-7,11,15,18-19H2,1-3H3. The molecule has 0 radical (unpaired) electrons. The van der Waals surface area contributed by atoms with Crippen LogP contribution in [0.4, 0.5) is 14.6 Å². The van der Waals surface area contributed by atoms with Crippen LogP contribution in [0.5, 0.6) is 0 Å². The number of nitrogens with zero attached hydrogens (tertiary/aromatic N) is 7. The number of aryl methyl sites for hydroxylation is 2. The van der Waals surface area contributed by atoms with Crippen LogP contribution in [0.1, 0.15) is 84.2 Å². The zero-order chi connectivity index (χ0) is 33.5. The minimum atomic E-state index is -3.55. The average Bonchev–Trinajstić information content (AvgIpc) is 3.47. The number of anilines is 1. The number of carbonyl (C=O) groups excluding carboxylic acids is 1. The first-order valence-corrected chi connectivity index (χ1v) is 17.1. The number of alkyl halides is 2. The lowest BCUT2D eigenvalue weighted by Crippen LogP contribution is -2.45. The van der Waals surface area contributed by atoms with E-state index in [1.54, 1.807) is 24.2 Å². The summed E-state index contributed by atoms with van der Waals surface area (Å²) in [5.74, 6) is -0.872. The van der Waals surface area contributed by atoms with Crippen LogP contribution in [0, 0.1) is 25.2 Å². The highest BCUT2D eigenvalue weighted by Gasteiger charge is 2.40. The van der Waals surface area contributed by atoms with E-state index in [2.05, 4.69) is 26.2 Å². The fourth-order valence-corrected chi connectivity index (χ4v) is 8.40. The van der Waals surface area contributed by atoms with Crippen molar-refractivity contribution in [3.05, 3.63) is 81.9 Å². The Morgan fingerprint density at radius 1 is 1.19 bits per heavy atom. The number of hydrogen-bond donors (Lipinski definition) is 2. The molecule has 0 spiro atoms. The minimum absolute atomic E-state index is 0.00485. The third-order valence-electron chi connectivity index (χ3n) is 9.19. The predicted octanol–water partition coefficient (Wildman–Crippen LogP) is 6.53. The van der Waals surface area contributed by atoms with Gasteiger partial charge >= 0.3 is 5.97 Å². The van der Waals surface area contributed by atoms with E-state index in [9.17, 15) is 27.9 Å². The molecule has 1 saturated heterocycles. The highest BCUT2D eigenvalue weighted by Crippen LogP contribution is 2.58. The van der Waals surface area contributed by atoms with Crippen LogP contribution in [0.3, 0.4) is 0 Å². The molecule has 2 atom stereocenters. The predicted molar refractivity (Wildman–Crippen MR) is 172 cm³/mol. The molecule has 2 unspecified atom stereocenters. The number of rotatable bonds is 8. The van der Waals surface area contributed by atoms with Gasteiger partial charge in [0, 0.05) is 44.0 Å².